The van der Waals surface area contributed by atoms with E-state index in [0.717, 1.165) is 84.9 Å². The lowest BCUT2D eigenvalue weighted by Crippen LogP contribution is -2.58. The molecule has 190 valence electrons. The minimum absolute atomic E-state index is 0.0665. The highest BCUT2D eigenvalue weighted by Gasteiger charge is 2.39. The van der Waals surface area contributed by atoms with Crippen LogP contribution in [0.2, 0.25) is 5.02 Å². The molecule has 2 aliphatic heterocycles. The van der Waals surface area contributed by atoms with E-state index < -0.39 is 0 Å². The molecule has 2 aromatic heterocycles. The average Bonchev–Trinajstić information content (AvgIpc) is 2.89. The molecule has 1 aromatic carbocycles. The van der Waals surface area contributed by atoms with Gasteiger partial charge in [-0.25, -0.2) is 9.97 Å². The molecule has 1 amide bonds. The van der Waals surface area contributed by atoms with Crippen LogP contribution in [0.15, 0.2) is 36.8 Å². The van der Waals surface area contributed by atoms with Crippen molar-refractivity contribution in [2.45, 2.75) is 58.0 Å². The van der Waals surface area contributed by atoms with Gasteiger partial charge in [-0.05, 0) is 70.7 Å². The number of hydrogen-bond donors (Lipinski definition) is 0. The second-order valence-corrected chi connectivity index (χ2v) is 10.9. The first-order chi connectivity index (χ1) is 17.3. The Labute approximate surface area is 218 Å². The van der Waals surface area contributed by atoms with Crippen molar-refractivity contribution < 1.29 is 4.79 Å². The fourth-order valence-corrected chi connectivity index (χ4v) is 6.18. The van der Waals surface area contributed by atoms with Crippen molar-refractivity contribution in [3.8, 4) is 0 Å². The summed E-state index contributed by atoms with van der Waals surface area (Å²) >= 11 is 6.42. The lowest BCUT2D eigenvalue weighted by atomic mass is 9.85. The lowest BCUT2D eigenvalue weighted by Gasteiger charge is -2.50. The Balaban J connectivity index is 1.21. The van der Waals surface area contributed by atoms with Crippen LogP contribution in [-0.4, -0.2) is 75.5 Å². The Kier molecular flexibility index (Phi) is 6.88. The van der Waals surface area contributed by atoms with Crippen LogP contribution in [0, 0.1) is 13.8 Å². The zero-order chi connectivity index (χ0) is 25.4. The summed E-state index contributed by atoms with van der Waals surface area (Å²) < 4.78 is 0. The summed E-state index contributed by atoms with van der Waals surface area (Å²) in [5.41, 5.74) is 4.40. The minimum Gasteiger partial charge on any atom is -0.370 e. The van der Waals surface area contributed by atoms with Crippen molar-refractivity contribution in [2.75, 3.05) is 38.1 Å². The third-order valence-corrected chi connectivity index (χ3v) is 8.75. The number of carbonyl (C=O) groups excluding carboxylic acids is 1. The molecule has 4 heterocycles. The number of aryl methyl sites for hydroxylation is 2. The molecule has 0 N–H and O–H groups in total. The highest BCUT2D eigenvalue weighted by atomic mass is 35.5. The predicted molar refractivity (Wildman–Crippen MR) is 145 cm³/mol. The van der Waals surface area contributed by atoms with Crippen LogP contribution in [-0.2, 0) is 0 Å². The number of pyridine rings is 1. The van der Waals surface area contributed by atoms with Crippen molar-refractivity contribution in [3.63, 3.8) is 0 Å². The van der Waals surface area contributed by atoms with Gasteiger partial charge in [-0.1, -0.05) is 11.6 Å². The van der Waals surface area contributed by atoms with Crippen molar-refractivity contribution in [1.29, 1.82) is 0 Å². The van der Waals surface area contributed by atoms with Crippen LogP contribution in [0.4, 0.5) is 5.69 Å². The summed E-state index contributed by atoms with van der Waals surface area (Å²) in [5.74, 6) is 0.0665. The maximum atomic E-state index is 13.2. The van der Waals surface area contributed by atoms with Gasteiger partial charge in [0, 0.05) is 56.4 Å². The molecular weight excluding hydrogens is 472 g/mol. The molecule has 0 unspecified atom stereocenters. The Morgan fingerprint density at radius 3 is 2.36 bits per heavy atom. The molecule has 0 bridgehead atoms. The van der Waals surface area contributed by atoms with Crippen LogP contribution in [0.5, 0.6) is 0 Å². The summed E-state index contributed by atoms with van der Waals surface area (Å²) in [6, 6.07) is 8.51. The van der Waals surface area contributed by atoms with Crippen LogP contribution in [0.1, 0.15) is 54.4 Å². The van der Waals surface area contributed by atoms with Gasteiger partial charge in [-0.15, -0.1) is 0 Å². The Morgan fingerprint density at radius 1 is 1.03 bits per heavy atom. The normalized spacial score (nSPS) is 19.0. The second kappa shape index (κ2) is 9.94. The van der Waals surface area contributed by atoms with E-state index in [2.05, 4.69) is 44.8 Å². The number of rotatable bonds is 4. The van der Waals surface area contributed by atoms with Gasteiger partial charge in [0.05, 0.1) is 33.2 Å². The number of carbonyl (C=O) groups is 1. The standard InChI is InChI=1S/C28H35ClN6O/c1-19-25(20(2)32-18-31-19)27(36)34-16-11-28(3,12-17-34)35-14-9-21(10-15-35)33(4)24-8-7-23(29)22-6-5-13-30-26(22)24/h5-8,13,18,21H,9-12,14-17H2,1-4H3. The molecule has 3 aromatic rings. The number of hydrogen-bond acceptors (Lipinski definition) is 6. The van der Waals surface area contributed by atoms with E-state index in [1.165, 1.54) is 6.33 Å². The SMILES string of the molecule is Cc1ncnc(C)c1C(=O)N1CCC(C)(N2CCC(N(C)c3ccc(Cl)c4cccnc34)CC2)CC1. The summed E-state index contributed by atoms with van der Waals surface area (Å²) in [6.45, 7) is 9.81. The van der Waals surface area contributed by atoms with E-state index in [9.17, 15) is 4.79 Å². The van der Waals surface area contributed by atoms with Gasteiger partial charge in [0.2, 0.25) is 0 Å². The maximum absolute atomic E-state index is 13.2. The molecule has 0 saturated carbocycles. The van der Waals surface area contributed by atoms with Gasteiger partial charge in [0.1, 0.15) is 6.33 Å². The smallest absolute Gasteiger partial charge is 0.257 e. The lowest BCUT2D eigenvalue weighted by molar-refractivity contribution is 0.0173. The van der Waals surface area contributed by atoms with Crippen LogP contribution < -0.4 is 4.90 Å². The van der Waals surface area contributed by atoms with Crippen molar-refractivity contribution >= 4 is 34.1 Å². The summed E-state index contributed by atoms with van der Waals surface area (Å²) in [5, 5.41) is 1.75. The number of benzene rings is 1. The molecule has 5 rings (SSSR count). The van der Waals surface area contributed by atoms with Crippen LogP contribution >= 0.6 is 11.6 Å². The number of nitrogens with zero attached hydrogens (tertiary/aromatic N) is 6. The van der Waals surface area contributed by atoms with E-state index in [-0.39, 0.29) is 11.4 Å². The zero-order valence-corrected chi connectivity index (χ0v) is 22.4. The van der Waals surface area contributed by atoms with Crippen LogP contribution in [0.3, 0.4) is 0 Å². The predicted octanol–water partition coefficient (Wildman–Crippen LogP) is 4.89. The number of amides is 1. The Hall–Kier alpha value is -2.77. The molecule has 7 nitrogen and oxygen atoms in total. The number of fused-ring (bicyclic) bond motifs is 1. The number of likely N-dealkylation sites (tertiary alicyclic amines) is 2. The molecule has 0 atom stereocenters. The third-order valence-electron chi connectivity index (χ3n) is 8.42. The highest BCUT2D eigenvalue weighted by molar-refractivity contribution is 6.35. The summed E-state index contributed by atoms with van der Waals surface area (Å²) in [7, 11) is 2.18. The van der Waals surface area contributed by atoms with E-state index in [1.54, 1.807) is 0 Å². The topological polar surface area (TPSA) is 65.5 Å². The quantitative estimate of drug-likeness (QED) is 0.502. The number of anilines is 1. The van der Waals surface area contributed by atoms with Gasteiger partial charge in [0.15, 0.2) is 0 Å². The van der Waals surface area contributed by atoms with Gasteiger partial charge < -0.3 is 9.80 Å². The molecular formula is C28H35ClN6O. The number of aromatic nitrogens is 3. The molecule has 36 heavy (non-hydrogen) atoms. The molecule has 0 radical (unpaired) electrons. The first-order valence-corrected chi connectivity index (χ1v) is 13.2. The third kappa shape index (κ3) is 4.55. The number of piperidine rings is 2. The second-order valence-electron chi connectivity index (χ2n) is 10.5. The highest BCUT2D eigenvalue weighted by Crippen LogP contribution is 2.35. The Bertz CT molecular complexity index is 1240. The molecule has 2 fully saturated rings. The zero-order valence-electron chi connectivity index (χ0n) is 21.7. The molecule has 8 heteroatoms. The van der Waals surface area contributed by atoms with Gasteiger partial charge >= 0.3 is 0 Å². The first-order valence-electron chi connectivity index (χ1n) is 12.9. The first kappa shape index (κ1) is 24.9. The fourth-order valence-electron chi connectivity index (χ4n) is 5.97. The molecule has 0 aliphatic carbocycles. The van der Waals surface area contributed by atoms with Gasteiger partial charge in [-0.2, -0.15) is 0 Å². The summed E-state index contributed by atoms with van der Waals surface area (Å²) in [6.07, 6.45) is 7.54. The van der Waals surface area contributed by atoms with E-state index >= 15 is 0 Å². The Morgan fingerprint density at radius 2 is 1.69 bits per heavy atom. The van der Waals surface area contributed by atoms with Crippen LogP contribution in [0.25, 0.3) is 10.9 Å². The minimum atomic E-state index is 0.0665. The number of halogens is 1. The molecule has 2 saturated heterocycles. The van der Waals surface area contributed by atoms with Crippen molar-refractivity contribution in [3.05, 3.63) is 58.8 Å². The molecule has 0 spiro atoms. The van der Waals surface area contributed by atoms with Gasteiger partial charge in [0.25, 0.3) is 5.91 Å². The van der Waals surface area contributed by atoms with E-state index in [1.807, 2.05) is 43.1 Å². The summed E-state index contributed by atoms with van der Waals surface area (Å²) in [4.78, 5) is 33.4. The van der Waals surface area contributed by atoms with E-state index in [0.29, 0.717) is 11.6 Å². The fraction of sp³-hybridized carbons (Fsp3) is 0.500. The van der Waals surface area contributed by atoms with Gasteiger partial charge in [-0.3, -0.25) is 14.7 Å². The van der Waals surface area contributed by atoms with E-state index in [4.69, 9.17) is 11.6 Å². The molecule has 2 aliphatic rings. The monoisotopic (exact) mass is 506 g/mol. The van der Waals surface area contributed by atoms with Crippen molar-refractivity contribution in [1.82, 2.24) is 24.8 Å². The van der Waals surface area contributed by atoms with Crippen molar-refractivity contribution in [2.24, 2.45) is 0 Å². The largest absolute Gasteiger partial charge is 0.370 e. The average molecular weight is 507 g/mol. The maximum Gasteiger partial charge on any atom is 0.257 e.